The predicted octanol–water partition coefficient (Wildman–Crippen LogP) is 5.66. The zero-order chi connectivity index (χ0) is 21.6. The average molecular weight is 405 g/mol. The molecule has 3 aromatic rings. The van der Waals surface area contributed by atoms with Crippen molar-refractivity contribution in [3.8, 4) is 28.3 Å². The molecule has 3 N–H and O–H groups in total. The summed E-state index contributed by atoms with van der Waals surface area (Å²) in [6.45, 7) is 3.99. The van der Waals surface area contributed by atoms with Gasteiger partial charge in [0.25, 0.3) is 0 Å². The molecule has 0 atom stereocenters. The highest BCUT2D eigenvalue weighted by Crippen LogP contribution is 2.29. The lowest BCUT2D eigenvalue weighted by Gasteiger charge is -2.18. The quantitative estimate of drug-likeness (QED) is 0.355. The van der Waals surface area contributed by atoms with Gasteiger partial charge >= 0.3 is 5.97 Å². The number of ether oxygens (including phenoxy) is 1. The van der Waals surface area contributed by atoms with Crippen LogP contribution in [0.15, 0.2) is 66.7 Å². The number of anilines is 1. The van der Waals surface area contributed by atoms with Gasteiger partial charge in [0.05, 0.1) is 17.7 Å². The number of unbranched alkanes of at least 4 members (excludes halogenated alkanes) is 1. The standard InChI is InChI=1S/C25H28N2O3/c1-25(2,24(28)29)14-6-7-15-30-23-17-20(18-10-12-21(26)13-11-18)16-22(27-23)19-8-4-3-5-9-19/h3-5,8-13,16-17H,6-7,14-15,26H2,1-2H3,(H,28,29). The molecule has 0 radical (unpaired) electrons. The van der Waals surface area contributed by atoms with Crippen molar-refractivity contribution in [1.82, 2.24) is 4.98 Å². The van der Waals surface area contributed by atoms with Crippen LogP contribution in [0.25, 0.3) is 22.4 Å². The minimum atomic E-state index is -0.770. The van der Waals surface area contributed by atoms with Gasteiger partial charge in [-0.05, 0) is 62.4 Å². The summed E-state index contributed by atoms with van der Waals surface area (Å²) in [5.74, 6) is -0.213. The first-order chi connectivity index (χ1) is 14.3. The second-order valence-electron chi connectivity index (χ2n) is 8.06. The van der Waals surface area contributed by atoms with Crippen LogP contribution in [0.4, 0.5) is 5.69 Å². The summed E-state index contributed by atoms with van der Waals surface area (Å²) >= 11 is 0. The van der Waals surface area contributed by atoms with Crippen molar-refractivity contribution in [3.05, 3.63) is 66.7 Å². The lowest BCUT2D eigenvalue weighted by Crippen LogP contribution is -2.23. The van der Waals surface area contributed by atoms with E-state index in [2.05, 4.69) is 4.98 Å². The number of aromatic nitrogens is 1. The lowest BCUT2D eigenvalue weighted by atomic mass is 9.87. The molecule has 0 saturated carbocycles. The van der Waals surface area contributed by atoms with Crippen molar-refractivity contribution in [2.75, 3.05) is 12.3 Å². The van der Waals surface area contributed by atoms with Crippen molar-refractivity contribution >= 4 is 11.7 Å². The van der Waals surface area contributed by atoms with Crippen LogP contribution in [0.5, 0.6) is 5.88 Å². The maximum atomic E-state index is 11.2. The molecular formula is C25H28N2O3. The van der Waals surface area contributed by atoms with Crippen molar-refractivity contribution in [1.29, 1.82) is 0 Å². The van der Waals surface area contributed by atoms with E-state index < -0.39 is 11.4 Å². The Balaban J connectivity index is 1.75. The Morgan fingerprint density at radius 3 is 2.33 bits per heavy atom. The van der Waals surface area contributed by atoms with E-state index in [1.165, 1.54) is 0 Å². The second kappa shape index (κ2) is 9.44. The van der Waals surface area contributed by atoms with Crippen LogP contribution >= 0.6 is 0 Å². The van der Waals surface area contributed by atoms with E-state index in [1.807, 2.05) is 66.7 Å². The van der Waals surface area contributed by atoms with Crippen molar-refractivity contribution in [2.45, 2.75) is 33.1 Å². The number of nitrogens with zero attached hydrogens (tertiary/aromatic N) is 1. The monoisotopic (exact) mass is 404 g/mol. The molecule has 0 fully saturated rings. The zero-order valence-corrected chi connectivity index (χ0v) is 17.5. The molecule has 156 valence electrons. The number of carboxylic acids is 1. The van der Waals surface area contributed by atoms with Gasteiger partial charge in [-0.25, -0.2) is 4.98 Å². The van der Waals surface area contributed by atoms with Crippen LogP contribution in [0.3, 0.4) is 0 Å². The number of nitrogens with two attached hydrogens (primary N) is 1. The van der Waals surface area contributed by atoms with Crippen LogP contribution in [0, 0.1) is 5.41 Å². The van der Waals surface area contributed by atoms with Gasteiger partial charge < -0.3 is 15.6 Å². The van der Waals surface area contributed by atoms with E-state index in [4.69, 9.17) is 10.5 Å². The summed E-state index contributed by atoms with van der Waals surface area (Å²) in [6.07, 6.45) is 2.16. The van der Waals surface area contributed by atoms with Crippen molar-refractivity contribution in [2.24, 2.45) is 5.41 Å². The van der Waals surface area contributed by atoms with Gasteiger partial charge in [-0.2, -0.15) is 0 Å². The highest BCUT2D eigenvalue weighted by Gasteiger charge is 2.26. The van der Waals surface area contributed by atoms with Crippen molar-refractivity contribution < 1.29 is 14.6 Å². The van der Waals surface area contributed by atoms with Crippen LogP contribution in [0.2, 0.25) is 0 Å². The highest BCUT2D eigenvalue weighted by atomic mass is 16.5. The van der Waals surface area contributed by atoms with Gasteiger partial charge in [0.2, 0.25) is 5.88 Å². The summed E-state index contributed by atoms with van der Waals surface area (Å²) in [4.78, 5) is 15.9. The lowest BCUT2D eigenvalue weighted by molar-refractivity contribution is -0.147. The molecule has 0 spiro atoms. The molecule has 1 heterocycles. The summed E-state index contributed by atoms with van der Waals surface area (Å²) in [7, 11) is 0. The number of hydrogen-bond donors (Lipinski definition) is 2. The maximum Gasteiger partial charge on any atom is 0.309 e. The Morgan fingerprint density at radius 2 is 1.67 bits per heavy atom. The normalized spacial score (nSPS) is 11.3. The number of carboxylic acid groups (broad SMARTS) is 1. The number of carbonyl (C=O) groups is 1. The summed E-state index contributed by atoms with van der Waals surface area (Å²) in [5.41, 5.74) is 9.73. The Kier molecular flexibility index (Phi) is 6.72. The molecule has 0 aliphatic carbocycles. The fourth-order valence-corrected chi connectivity index (χ4v) is 3.13. The molecule has 0 aliphatic rings. The smallest absolute Gasteiger partial charge is 0.309 e. The molecule has 1 aromatic heterocycles. The number of hydrogen-bond acceptors (Lipinski definition) is 4. The largest absolute Gasteiger partial charge is 0.481 e. The molecule has 0 saturated heterocycles. The first-order valence-electron chi connectivity index (χ1n) is 10.1. The van der Waals surface area contributed by atoms with Crippen LogP contribution in [-0.2, 0) is 4.79 Å². The third-order valence-corrected chi connectivity index (χ3v) is 5.14. The predicted molar refractivity (Wildman–Crippen MR) is 120 cm³/mol. The minimum absolute atomic E-state index is 0.488. The molecule has 5 heteroatoms. The molecule has 5 nitrogen and oxygen atoms in total. The van der Waals surface area contributed by atoms with E-state index in [0.29, 0.717) is 18.9 Å². The van der Waals surface area contributed by atoms with Gasteiger partial charge in [-0.1, -0.05) is 42.5 Å². The van der Waals surface area contributed by atoms with E-state index in [1.54, 1.807) is 13.8 Å². The van der Waals surface area contributed by atoms with E-state index in [-0.39, 0.29) is 0 Å². The fourth-order valence-electron chi connectivity index (χ4n) is 3.13. The van der Waals surface area contributed by atoms with Crippen LogP contribution < -0.4 is 10.5 Å². The summed E-state index contributed by atoms with van der Waals surface area (Å²) in [6, 6.07) is 21.7. The highest BCUT2D eigenvalue weighted by molar-refractivity contribution is 5.73. The molecule has 0 aliphatic heterocycles. The number of pyridine rings is 1. The van der Waals surface area contributed by atoms with Gasteiger partial charge in [0.1, 0.15) is 0 Å². The van der Waals surface area contributed by atoms with Crippen LogP contribution in [0.1, 0.15) is 33.1 Å². The number of benzene rings is 2. The SMILES string of the molecule is CC(C)(CCCCOc1cc(-c2ccc(N)cc2)cc(-c2ccccc2)n1)C(=O)O. The Morgan fingerprint density at radius 1 is 0.967 bits per heavy atom. The first-order valence-corrected chi connectivity index (χ1v) is 10.1. The first kappa shape index (κ1) is 21.4. The fraction of sp³-hybridized carbons (Fsp3) is 0.280. The molecule has 0 amide bonds. The average Bonchev–Trinajstić information content (AvgIpc) is 2.74. The van der Waals surface area contributed by atoms with E-state index in [0.717, 1.165) is 40.9 Å². The van der Waals surface area contributed by atoms with E-state index >= 15 is 0 Å². The summed E-state index contributed by atoms with van der Waals surface area (Å²) < 4.78 is 5.95. The third-order valence-electron chi connectivity index (χ3n) is 5.14. The minimum Gasteiger partial charge on any atom is -0.481 e. The topological polar surface area (TPSA) is 85.4 Å². The molecule has 30 heavy (non-hydrogen) atoms. The molecule has 0 bridgehead atoms. The maximum absolute atomic E-state index is 11.2. The van der Waals surface area contributed by atoms with Gasteiger partial charge in [0.15, 0.2) is 0 Å². The number of rotatable bonds is 9. The molecule has 0 unspecified atom stereocenters. The molecular weight excluding hydrogens is 376 g/mol. The molecule has 2 aromatic carbocycles. The Bertz CT molecular complexity index is 983. The molecule has 3 rings (SSSR count). The Labute approximate surface area is 177 Å². The van der Waals surface area contributed by atoms with Gasteiger partial charge in [0, 0.05) is 17.3 Å². The third kappa shape index (κ3) is 5.60. The zero-order valence-electron chi connectivity index (χ0n) is 17.5. The number of nitrogen functional groups attached to an aromatic ring is 1. The summed E-state index contributed by atoms with van der Waals surface area (Å²) in [5, 5.41) is 9.22. The number of aliphatic carboxylic acids is 1. The van der Waals surface area contributed by atoms with Crippen molar-refractivity contribution in [3.63, 3.8) is 0 Å². The van der Waals surface area contributed by atoms with Gasteiger partial charge in [-0.3, -0.25) is 4.79 Å². The second-order valence-corrected chi connectivity index (χ2v) is 8.06. The Hall–Kier alpha value is -3.34. The van der Waals surface area contributed by atoms with Crippen LogP contribution in [-0.4, -0.2) is 22.7 Å². The van der Waals surface area contributed by atoms with E-state index in [9.17, 15) is 9.90 Å². The van der Waals surface area contributed by atoms with Gasteiger partial charge in [-0.15, -0.1) is 0 Å².